The predicted molar refractivity (Wildman–Crippen MR) is 71.4 cm³/mol. The van der Waals surface area contributed by atoms with Gasteiger partial charge in [-0.25, -0.2) is 4.79 Å². The van der Waals surface area contributed by atoms with E-state index >= 15 is 0 Å². The maximum Gasteiger partial charge on any atom is 0.335 e. The van der Waals surface area contributed by atoms with Crippen LogP contribution in [0.4, 0.5) is 11.4 Å². The summed E-state index contributed by atoms with van der Waals surface area (Å²) in [6.07, 6.45) is 3.85. The zero-order valence-corrected chi connectivity index (χ0v) is 10.6. The molecule has 0 bridgehead atoms. The molecule has 0 radical (unpaired) electrons. The van der Waals surface area contributed by atoms with E-state index < -0.39 is 5.97 Å². The highest BCUT2D eigenvalue weighted by Gasteiger charge is 2.39. The molecule has 1 spiro atoms. The zero-order valence-electron chi connectivity index (χ0n) is 10.6. The van der Waals surface area contributed by atoms with Crippen molar-refractivity contribution >= 4 is 17.3 Å². The van der Waals surface area contributed by atoms with Crippen LogP contribution in [-0.2, 0) is 0 Å². The number of hydrogen-bond donors (Lipinski definition) is 2. The van der Waals surface area contributed by atoms with Crippen molar-refractivity contribution in [2.24, 2.45) is 5.41 Å². The van der Waals surface area contributed by atoms with Gasteiger partial charge in [0.1, 0.15) is 0 Å². The highest BCUT2D eigenvalue weighted by Crippen LogP contribution is 2.45. The van der Waals surface area contributed by atoms with Gasteiger partial charge in [-0.05, 0) is 31.0 Å². The minimum Gasteiger partial charge on any atom is -0.478 e. The number of hydrogen-bond acceptors (Lipinski definition) is 3. The fraction of sp³-hybridized carbons (Fsp3) is 0.500. The average molecular weight is 246 g/mol. The Kier molecular flexibility index (Phi) is 2.47. The van der Waals surface area contributed by atoms with Gasteiger partial charge in [0.25, 0.3) is 0 Å². The van der Waals surface area contributed by atoms with E-state index in [1.54, 1.807) is 12.1 Å². The number of nitrogens with zero attached hydrogens (tertiary/aromatic N) is 1. The molecule has 1 saturated carbocycles. The Hall–Kier alpha value is -1.71. The molecule has 0 saturated heterocycles. The number of rotatable bonds is 1. The minimum absolute atomic E-state index is 0.354. The molecule has 2 N–H and O–H groups in total. The van der Waals surface area contributed by atoms with Gasteiger partial charge in [-0.3, -0.25) is 0 Å². The molecule has 0 atom stereocenters. The predicted octanol–water partition coefficient (Wildman–Crippen LogP) is 2.42. The largest absolute Gasteiger partial charge is 0.478 e. The lowest BCUT2D eigenvalue weighted by Crippen LogP contribution is -2.43. The second-order valence-electron chi connectivity index (χ2n) is 5.60. The second-order valence-corrected chi connectivity index (χ2v) is 5.60. The summed E-state index contributed by atoms with van der Waals surface area (Å²) in [5.41, 5.74) is 2.79. The molecule has 1 aromatic rings. The molecule has 1 aromatic carbocycles. The van der Waals surface area contributed by atoms with Crippen LogP contribution >= 0.6 is 0 Å². The number of aromatic carboxylic acids is 1. The number of nitrogens with one attached hydrogen (secondary N) is 1. The fourth-order valence-electron chi connectivity index (χ4n) is 3.07. The van der Waals surface area contributed by atoms with Crippen molar-refractivity contribution in [3.8, 4) is 0 Å². The van der Waals surface area contributed by atoms with E-state index in [1.807, 2.05) is 6.07 Å². The first-order valence-electron chi connectivity index (χ1n) is 6.42. The summed E-state index contributed by atoms with van der Waals surface area (Å²) < 4.78 is 0. The SMILES string of the molecule is CN1CC2(CCC2)CNc2ccc(C(=O)O)cc21. The number of carbonyl (C=O) groups is 1. The van der Waals surface area contributed by atoms with Crippen LogP contribution in [0.1, 0.15) is 29.6 Å². The highest BCUT2D eigenvalue weighted by molar-refractivity contribution is 5.91. The summed E-state index contributed by atoms with van der Waals surface area (Å²) in [6.45, 7) is 2.01. The van der Waals surface area contributed by atoms with Crippen LogP contribution in [-0.4, -0.2) is 31.2 Å². The van der Waals surface area contributed by atoms with Crippen LogP contribution < -0.4 is 10.2 Å². The van der Waals surface area contributed by atoms with Crippen LogP contribution in [0, 0.1) is 5.41 Å². The summed E-state index contributed by atoms with van der Waals surface area (Å²) in [5.74, 6) is -0.867. The van der Waals surface area contributed by atoms with E-state index in [9.17, 15) is 4.79 Å². The lowest BCUT2D eigenvalue weighted by Gasteiger charge is -2.43. The lowest BCUT2D eigenvalue weighted by molar-refractivity contribution is 0.0697. The number of anilines is 2. The molecule has 96 valence electrons. The van der Waals surface area contributed by atoms with Gasteiger partial charge in [-0.1, -0.05) is 6.42 Å². The van der Waals surface area contributed by atoms with Crippen LogP contribution in [0.3, 0.4) is 0 Å². The number of carboxylic acids is 1. The standard InChI is InChI=1S/C14H18N2O2/c1-16-9-14(5-2-6-14)8-15-11-4-3-10(13(17)18)7-12(11)16/h3-4,7,15H,2,5-6,8-9H2,1H3,(H,17,18). The average Bonchev–Trinajstić information content (AvgIpc) is 2.46. The summed E-state index contributed by atoms with van der Waals surface area (Å²) in [6, 6.07) is 5.32. The molecule has 18 heavy (non-hydrogen) atoms. The number of benzene rings is 1. The molecule has 0 amide bonds. The van der Waals surface area contributed by atoms with Crippen LogP contribution in [0.2, 0.25) is 0 Å². The van der Waals surface area contributed by atoms with E-state index in [1.165, 1.54) is 19.3 Å². The van der Waals surface area contributed by atoms with E-state index in [0.717, 1.165) is 24.5 Å². The van der Waals surface area contributed by atoms with Gasteiger partial charge in [0.2, 0.25) is 0 Å². The molecular weight excluding hydrogens is 228 g/mol. The normalized spacial score (nSPS) is 20.6. The topological polar surface area (TPSA) is 52.6 Å². The van der Waals surface area contributed by atoms with E-state index in [4.69, 9.17) is 5.11 Å². The highest BCUT2D eigenvalue weighted by atomic mass is 16.4. The Bertz CT molecular complexity index is 495. The summed E-state index contributed by atoms with van der Waals surface area (Å²) in [7, 11) is 2.05. The summed E-state index contributed by atoms with van der Waals surface area (Å²) in [5, 5.41) is 12.5. The maximum atomic E-state index is 11.0. The Morgan fingerprint density at radius 3 is 2.83 bits per heavy atom. The molecule has 1 aliphatic carbocycles. The van der Waals surface area contributed by atoms with Crippen molar-refractivity contribution in [2.75, 3.05) is 30.4 Å². The third-order valence-electron chi connectivity index (χ3n) is 4.30. The van der Waals surface area contributed by atoms with Crippen LogP contribution in [0.5, 0.6) is 0 Å². The molecule has 0 unspecified atom stereocenters. The van der Waals surface area contributed by atoms with Crippen molar-refractivity contribution in [1.29, 1.82) is 0 Å². The molecule has 1 heterocycles. The van der Waals surface area contributed by atoms with Crippen LogP contribution in [0.25, 0.3) is 0 Å². The first kappa shape index (κ1) is 11.4. The first-order valence-corrected chi connectivity index (χ1v) is 6.42. The van der Waals surface area contributed by atoms with Gasteiger partial charge in [-0.2, -0.15) is 0 Å². The molecule has 3 rings (SSSR count). The van der Waals surface area contributed by atoms with Gasteiger partial charge in [0.05, 0.1) is 16.9 Å². The Balaban J connectivity index is 1.95. The summed E-state index contributed by atoms with van der Waals surface area (Å²) in [4.78, 5) is 13.2. The smallest absolute Gasteiger partial charge is 0.335 e. The Labute approximate surface area is 107 Å². The second kappa shape index (κ2) is 3.90. The maximum absolute atomic E-state index is 11.0. The first-order chi connectivity index (χ1) is 8.60. The molecular formula is C14H18N2O2. The molecule has 0 aromatic heterocycles. The minimum atomic E-state index is -0.867. The molecule has 2 aliphatic rings. The number of carboxylic acid groups (broad SMARTS) is 1. The third kappa shape index (κ3) is 1.72. The van der Waals surface area contributed by atoms with Gasteiger partial charge < -0.3 is 15.3 Å². The van der Waals surface area contributed by atoms with Crippen molar-refractivity contribution in [3.63, 3.8) is 0 Å². The van der Waals surface area contributed by atoms with Crippen molar-refractivity contribution in [1.82, 2.24) is 0 Å². The van der Waals surface area contributed by atoms with Crippen LogP contribution in [0.15, 0.2) is 18.2 Å². The number of fused-ring (bicyclic) bond motifs is 1. The monoisotopic (exact) mass is 246 g/mol. The lowest BCUT2D eigenvalue weighted by atomic mass is 9.68. The van der Waals surface area contributed by atoms with E-state index in [2.05, 4.69) is 17.3 Å². The van der Waals surface area contributed by atoms with E-state index in [-0.39, 0.29) is 0 Å². The Morgan fingerprint density at radius 2 is 2.22 bits per heavy atom. The van der Waals surface area contributed by atoms with Crippen molar-refractivity contribution in [3.05, 3.63) is 23.8 Å². The van der Waals surface area contributed by atoms with Crippen molar-refractivity contribution < 1.29 is 9.90 Å². The molecule has 4 heteroatoms. The molecule has 1 aliphatic heterocycles. The summed E-state index contributed by atoms with van der Waals surface area (Å²) >= 11 is 0. The zero-order chi connectivity index (χ0) is 12.8. The van der Waals surface area contributed by atoms with Gasteiger partial charge in [0, 0.05) is 25.6 Å². The van der Waals surface area contributed by atoms with Gasteiger partial charge in [-0.15, -0.1) is 0 Å². The quantitative estimate of drug-likeness (QED) is 0.799. The van der Waals surface area contributed by atoms with Gasteiger partial charge >= 0.3 is 5.97 Å². The van der Waals surface area contributed by atoms with Gasteiger partial charge in [0.15, 0.2) is 0 Å². The fourth-order valence-corrected chi connectivity index (χ4v) is 3.07. The van der Waals surface area contributed by atoms with Crippen molar-refractivity contribution in [2.45, 2.75) is 19.3 Å². The third-order valence-corrected chi connectivity index (χ3v) is 4.30. The molecule has 4 nitrogen and oxygen atoms in total. The van der Waals surface area contributed by atoms with E-state index in [0.29, 0.717) is 11.0 Å². The Morgan fingerprint density at radius 1 is 1.44 bits per heavy atom. The molecule has 1 fully saturated rings.